The quantitative estimate of drug-likeness (QED) is 0.785. The van der Waals surface area contributed by atoms with Crippen LogP contribution in [0.15, 0.2) is 12.1 Å². The minimum atomic E-state index is -1.07. The Morgan fingerprint density at radius 3 is 2.43 bits per heavy atom. The number of fused-ring (bicyclic) bond motifs is 1. The summed E-state index contributed by atoms with van der Waals surface area (Å²) in [5, 5.41) is 24.3. The Hall–Kier alpha value is -1.05. The van der Waals surface area contributed by atoms with Crippen molar-refractivity contribution >= 4 is 40.2 Å². The molecule has 3 N–H and O–H groups in total. The second kappa shape index (κ2) is 6.11. The lowest BCUT2D eigenvalue weighted by atomic mass is 10.1. The van der Waals surface area contributed by atoms with Gasteiger partial charge < -0.3 is 20.3 Å². The lowest BCUT2D eigenvalue weighted by Crippen LogP contribution is -2.31. The predicted octanol–water partition coefficient (Wildman–Crippen LogP) is 2.80. The Balaban J connectivity index is 2.18. The summed E-state index contributed by atoms with van der Waals surface area (Å²) >= 11 is 12.2. The SMILES string of the molecule is CC(C)Nc1nc2cc(Cl)c(Cl)cc2n1[C@H]1O[C@H](C)[C@H](O)[C@@H]1O. The Labute approximate surface area is 144 Å². The second-order valence-corrected chi connectivity index (χ2v) is 6.89. The van der Waals surface area contributed by atoms with Gasteiger partial charge >= 0.3 is 0 Å². The fourth-order valence-electron chi connectivity index (χ4n) is 2.75. The Kier molecular flexibility index (Phi) is 4.46. The van der Waals surface area contributed by atoms with Gasteiger partial charge in [0.2, 0.25) is 5.95 Å². The highest BCUT2D eigenvalue weighted by molar-refractivity contribution is 6.42. The molecule has 8 heteroatoms. The number of aliphatic hydroxyl groups excluding tert-OH is 2. The number of nitrogens with zero attached hydrogens (tertiary/aromatic N) is 2. The van der Waals surface area contributed by atoms with E-state index in [1.54, 1.807) is 23.6 Å². The van der Waals surface area contributed by atoms with Gasteiger partial charge in [0.1, 0.15) is 12.2 Å². The minimum absolute atomic E-state index is 0.123. The molecule has 0 radical (unpaired) electrons. The molecule has 126 valence electrons. The number of benzene rings is 1. The van der Waals surface area contributed by atoms with E-state index in [1.165, 1.54) is 0 Å². The molecule has 0 unspecified atom stereocenters. The van der Waals surface area contributed by atoms with E-state index < -0.39 is 24.5 Å². The van der Waals surface area contributed by atoms with E-state index in [0.29, 0.717) is 27.0 Å². The Morgan fingerprint density at radius 2 is 1.87 bits per heavy atom. The molecular weight excluding hydrogens is 341 g/mol. The van der Waals surface area contributed by atoms with Crippen LogP contribution < -0.4 is 5.32 Å². The third-order valence-corrected chi connectivity index (χ3v) is 4.60. The lowest BCUT2D eigenvalue weighted by molar-refractivity contribution is -0.0284. The molecule has 6 nitrogen and oxygen atoms in total. The van der Waals surface area contributed by atoms with Gasteiger partial charge in [-0.3, -0.25) is 4.57 Å². The highest BCUT2D eigenvalue weighted by Crippen LogP contribution is 2.37. The highest BCUT2D eigenvalue weighted by atomic mass is 35.5. The maximum atomic E-state index is 10.3. The molecule has 0 spiro atoms. The van der Waals surface area contributed by atoms with Crippen LogP contribution in [0.4, 0.5) is 5.95 Å². The third kappa shape index (κ3) is 2.90. The minimum Gasteiger partial charge on any atom is -0.388 e. The topological polar surface area (TPSA) is 79.5 Å². The molecule has 0 saturated carbocycles. The van der Waals surface area contributed by atoms with Crippen molar-refractivity contribution in [2.45, 2.75) is 51.4 Å². The summed E-state index contributed by atoms with van der Waals surface area (Å²) in [5.74, 6) is 0.527. The molecule has 1 aromatic heterocycles. The van der Waals surface area contributed by atoms with Gasteiger partial charge in [0, 0.05) is 6.04 Å². The number of aliphatic hydroxyl groups is 2. The average molecular weight is 360 g/mol. The summed E-state index contributed by atoms with van der Waals surface area (Å²) < 4.78 is 7.45. The summed E-state index contributed by atoms with van der Waals surface area (Å²) in [6.45, 7) is 5.67. The zero-order chi connectivity index (χ0) is 16.9. The highest BCUT2D eigenvalue weighted by Gasteiger charge is 2.42. The number of aromatic nitrogens is 2. The van der Waals surface area contributed by atoms with Crippen molar-refractivity contribution in [3.8, 4) is 0 Å². The van der Waals surface area contributed by atoms with E-state index in [4.69, 9.17) is 27.9 Å². The average Bonchev–Trinajstić information content (AvgIpc) is 2.91. The molecule has 0 amide bonds. The molecule has 1 fully saturated rings. The number of nitrogens with one attached hydrogen (secondary N) is 1. The molecule has 0 bridgehead atoms. The molecule has 1 aromatic carbocycles. The van der Waals surface area contributed by atoms with E-state index in [1.807, 2.05) is 13.8 Å². The summed E-state index contributed by atoms with van der Waals surface area (Å²) in [6.07, 6.45) is -3.28. The Morgan fingerprint density at radius 1 is 1.22 bits per heavy atom. The summed E-state index contributed by atoms with van der Waals surface area (Å²) in [7, 11) is 0. The first-order chi connectivity index (χ1) is 10.8. The fourth-order valence-corrected chi connectivity index (χ4v) is 3.06. The summed E-state index contributed by atoms with van der Waals surface area (Å²) in [5.41, 5.74) is 1.31. The van der Waals surface area contributed by atoms with Gasteiger partial charge in [-0.15, -0.1) is 0 Å². The monoisotopic (exact) mass is 359 g/mol. The second-order valence-electron chi connectivity index (χ2n) is 6.07. The number of hydrogen-bond acceptors (Lipinski definition) is 5. The van der Waals surface area contributed by atoms with Crippen LogP contribution in [-0.2, 0) is 4.74 Å². The van der Waals surface area contributed by atoms with Crippen LogP contribution in [-0.4, -0.2) is 44.1 Å². The molecule has 2 heterocycles. The number of imidazole rings is 1. The number of ether oxygens (including phenoxy) is 1. The predicted molar refractivity (Wildman–Crippen MR) is 90.1 cm³/mol. The Bertz CT molecular complexity index is 734. The van der Waals surface area contributed by atoms with Crippen molar-refractivity contribution in [2.24, 2.45) is 0 Å². The molecule has 23 heavy (non-hydrogen) atoms. The molecule has 1 aliphatic heterocycles. The first-order valence-electron chi connectivity index (χ1n) is 7.44. The lowest BCUT2D eigenvalue weighted by Gasteiger charge is -2.21. The number of hydrogen-bond donors (Lipinski definition) is 3. The smallest absolute Gasteiger partial charge is 0.206 e. The van der Waals surface area contributed by atoms with Gasteiger partial charge in [-0.1, -0.05) is 23.2 Å². The van der Waals surface area contributed by atoms with Crippen LogP contribution in [0.25, 0.3) is 11.0 Å². The van der Waals surface area contributed by atoms with E-state index >= 15 is 0 Å². The van der Waals surface area contributed by atoms with Gasteiger partial charge in [0.15, 0.2) is 6.23 Å². The normalized spacial score (nSPS) is 28.0. The number of halogens is 2. The summed E-state index contributed by atoms with van der Waals surface area (Å²) in [6, 6.07) is 3.48. The van der Waals surface area contributed by atoms with Crippen molar-refractivity contribution in [3.05, 3.63) is 22.2 Å². The van der Waals surface area contributed by atoms with E-state index in [0.717, 1.165) is 0 Å². The van der Waals surface area contributed by atoms with Gasteiger partial charge in [0.05, 0.1) is 27.2 Å². The largest absolute Gasteiger partial charge is 0.388 e. The van der Waals surface area contributed by atoms with Gasteiger partial charge in [-0.2, -0.15) is 0 Å². The first kappa shape index (κ1) is 16.8. The molecular formula is C15H19Cl2N3O3. The van der Waals surface area contributed by atoms with Crippen molar-refractivity contribution in [1.82, 2.24) is 9.55 Å². The van der Waals surface area contributed by atoms with Gasteiger partial charge in [0.25, 0.3) is 0 Å². The van der Waals surface area contributed by atoms with Gasteiger partial charge in [-0.05, 0) is 32.9 Å². The van der Waals surface area contributed by atoms with Crippen molar-refractivity contribution in [3.63, 3.8) is 0 Å². The van der Waals surface area contributed by atoms with Crippen LogP contribution in [0.3, 0.4) is 0 Å². The standard InChI is InChI=1S/C15H19Cl2N3O3/c1-6(2)18-15-19-10-4-8(16)9(17)5-11(10)20(15)14-13(22)12(21)7(3)23-14/h4-7,12-14,21-22H,1-3H3,(H,18,19)/t7-,12+,13+,14+/m1/s1. The maximum Gasteiger partial charge on any atom is 0.206 e. The van der Waals surface area contributed by atoms with Crippen molar-refractivity contribution in [2.75, 3.05) is 5.32 Å². The zero-order valence-corrected chi connectivity index (χ0v) is 14.5. The molecule has 0 aliphatic carbocycles. The van der Waals surface area contributed by atoms with E-state index in [9.17, 15) is 10.2 Å². The number of rotatable bonds is 3. The van der Waals surface area contributed by atoms with E-state index in [2.05, 4.69) is 10.3 Å². The van der Waals surface area contributed by atoms with Crippen LogP contribution in [0.5, 0.6) is 0 Å². The van der Waals surface area contributed by atoms with Crippen LogP contribution in [0.1, 0.15) is 27.0 Å². The molecule has 1 aliphatic rings. The molecule has 1 saturated heterocycles. The number of anilines is 1. The molecule has 4 atom stereocenters. The third-order valence-electron chi connectivity index (χ3n) is 3.88. The molecule has 3 rings (SSSR count). The van der Waals surface area contributed by atoms with Crippen molar-refractivity contribution in [1.29, 1.82) is 0 Å². The zero-order valence-electron chi connectivity index (χ0n) is 13.0. The van der Waals surface area contributed by atoms with Crippen molar-refractivity contribution < 1.29 is 14.9 Å². The fraction of sp³-hybridized carbons (Fsp3) is 0.533. The summed E-state index contributed by atoms with van der Waals surface area (Å²) in [4.78, 5) is 4.52. The van der Waals surface area contributed by atoms with Crippen LogP contribution in [0.2, 0.25) is 10.0 Å². The molecule has 2 aromatic rings. The maximum absolute atomic E-state index is 10.3. The van der Waals surface area contributed by atoms with E-state index in [-0.39, 0.29) is 6.04 Å². The van der Waals surface area contributed by atoms with Crippen LogP contribution >= 0.6 is 23.2 Å². The van der Waals surface area contributed by atoms with Gasteiger partial charge in [-0.25, -0.2) is 4.98 Å². The first-order valence-corrected chi connectivity index (χ1v) is 8.20. The van der Waals surface area contributed by atoms with Crippen LogP contribution in [0, 0.1) is 0 Å².